The van der Waals surface area contributed by atoms with Crippen molar-refractivity contribution in [2.45, 2.75) is 25.3 Å². The molecule has 0 unspecified atom stereocenters. The van der Waals surface area contributed by atoms with Crippen molar-refractivity contribution in [3.8, 4) is 0 Å². The Balaban J connectivity index is 2.78. The highest BCUT2D eigenvalue weighted by Gasteiger charge is 2.19. The van der Waals surface area contributed by atoms with Gasteiger partial charge >= 0.3 is 0 Å². The van der Waals surface area contributed by atoms with Gasteiger partial charge in [0.15, 0.2) is 0 Å². The first-order valence-corrected chi connectivity index (χ1v) is 3.68. The van der Waals surface area contributed by atoms with Gasteiger partial charge in [-0.2, -0.15) is 4.99 Å². The van der Waals surface area contributed by atoms with Crippen molar-refractivity contribution < 1.29 is 4.79 Å². The first-order chi connectivity index (χ1) is 5.25. The maximum atomic E-state index is 9.99. The van der Waals surface area contributed by atoms with Crippen molar-refractivity contribution in [2.24, 2.45) is 4.99 Å². The number of rotatable bonds is 1. The highest BCUT2D eigenvalue weighted by molar-refractivity contribution is 5.39. The van der Waals surface area contributed by atoms with Crippen LogP contribution >= 0.6 is 0 Å². The lowest BCUT2D eigenvalue weighted by Gasteiger charge is -2.21. The lowest BCUT2D eigenvalue weighted by atomic mass is 9.88. The summed E-state index contributed by atoms with van der Waals surface area (Å²) in [6.45, 7) is 7.66. The zero-order valence-corrected chi connectivity index (χ0v) is 6.47. The van der Waals surface area contributed by atoms with E-state index in [9.17, 15) is 4.79 Å². The fourth-order valence-corrected chi connectivity index (χ4v) is 1.34. The van der Waals surface area contributed by atoms with Gasteiger partial charge in [-0.15, -0.1) is 0 Å². The van der Waals surface area contributed by atoms with Gasteiger partial charge in [0.25, 0.3) is 0 Å². The average Bonchev–Trinajstić information content (AvgIpc) is 1.97. The number of carbonyl (C=O) groups excluding carboxylic acids is 1. The highest BCUT2D eigenvalue weighted by Crippen LogP contribution is 2.27. The molecule has 0 bridgehead atoms. The normalized spacial score (nSPS) is 19.6. The molecular weight excluding hydrogens is 138 g/mol. The number of aliphatic imine (C=N–C) groups is 1. The summed E-state index contributed by atoms with van der Waals surface area (Å²) in [6, 6.07) is -0.152. The quantitative estimate of drug-likeness (QED) is 0.318. The molecule has 0 amide bonds. The molecule has 0 aliphatic heterocycles. The van der Waals surface area contributed by atoms with Crippen LogP contribution in [-0.2, 0) is 4.79 Å². The molecule has 2 heteroatoms. The Kier molecular flexibility index (Phi) is 2.40. The van der Waals surface area contributed by atoms with Crippen molar-refractivity contribution >= 4 is 6.08 Å². The van der Waals surface area contributed by atoms with Gasteiger partial charge in [-0.25, -0.2) is 4.79 Å². The molecule has 0 radical (unpaired) electrons. The van der Waals surface area contributed by atoms with Crippen LogP contribution in [-0.4, -0.2) is 12.1 Å². The topological polar surface area (TPSA) is 29.4 Å². The Hall–Kier alpha value is -1.14. The average molecular weight is 149 g/mol. The zero-order valence-electron chi connectivity index (χ0n) is 6.47. The van der Waals surface area contributed by atoms with Crippen LogP contribution in [0.15, 0.2) is 29.3 Å². The summed E-state index contributed by atoms with van der Waals surface area (Å²) in [4.78, 5) is 13.6. The standard InChI is InChI=1S/C9H11NO/c1-7-4-3-5-8(2)9(7)10-6-11/h9H,1-5H2. The molecule has 1 fully saturated rings. The third-order valence-corrected chi connectivity index (χ3v) is 1.95. The van der Waals surface area contributed by atoms with Crippen LogP contribution in [0.25, 0.3) is 0 Å². The number of hydrogen-bond donors (Lipinski definition) is 0. The van der Waals surface area contributed by atoms with Gasteiger partial charge in [-0.3, -0.25) is 0 Å². The second-order valence-electron chi connectivity index (χ2n) is 2.79. The molecule has 11 heavy (non-hydrogen) atoms. The second-order valence-corrected chi connectivity index (χ2v) is 2.79. The Morgan fingerprint density at radius 2 is 1.91 bits per heavy atom. The van der Waals surface area contributed by atoms with E-state index in [4.69, 9.17) is 0 Å². The van der Waals surface area contributed by atoms with Crippen LogP contribution in [0.3, 0.4) is 0 Å². The second kappa shape index (κ2) is 3.31. The minimum Gasteiger partial charge on any atom is -0.211 e. The molecule has 0 aromatic heterocycles. The van der Waals surface area contributed by atoms with E-state index >= 15 is 0 Å². The largest absolute Gasteiger partial charge is 0.235 e. The Bertz CT molecular complexity index is 220. The summed E-state index contributed by atoms with van der Waals surface area (Å²) in [5, 5.41) is 0. The minimum atomic E-state index is -0.152. The fraction of sp³-hybridized carbons (Fsp3) is 0.444. The smallest absolute Gasteiger partial charge is 0.211 e. The Morgan fingerprint density at radius 1 is 1.36 bits per heavy atom. The van der Waals surface area contributed by atoms with E-state index in [1.54, 1.807) is 6.08 Å². The molecule has 1 aliphatic rings. The third kappa shape index (κ3) is 1.66. The molecule has 0 atom stereocenters. The number of nitrogens with zero attached hydrogens (tertiary/aromatic N) is 1. The van der Waals surface area contributed by atoms with E-state index in [0.717, 1.165) is 30.4 Å². The van der Waals surface area contributed by atoms with Crippen molar-refractivity contribution in [3.05, 3.63) is 24.3 Å². The fourth-order valence-electron chi connectivity index (χ4n) is 1.34. The first kappa shape index (κ1) is 7.96. The van der Waals surface area contributed by atoms with Gasteiger partial charge in [-0.1, -0.05) is 13.2 Å². The summed E-state index contributed by atoms with van der Waals surface area (Å²) >= 11 is 0. The molecule has 0 N–H and O–H groups in total. The monoisotopic (exact) mass is 149 g/mol. The maximum absolute atomic E-state index is 9.99. The van der Waals surface area contributed by atoms with Gasteiger partial charge < -0.3 is 0 Å². The lowest BCUT2D eigenvalue weighted by molar-refractivity contribution is 0.558. The predicted molar refractivity (Wildman–Crippen MR) is 44.0 cm³/mol. The Labute approximate surface area is 66.3 Å². The maximum Gasteiger partial charge on any atom is 0.235 e. The predicted octanol–water partition coefficient (Wildman–Crippen LogP) is 1.99. The Morgan fingerprint density at radius 3 is 2.36 bits per heavy atom. The van der Waals surface area contributed by atoms with Crippen molar-refractivity contribution in [2.75, 3.05) is 0 Å². The molecule has 58 valence electrons. The van der Waals surface area contributed by atoms with Crippen LogP contribution in [0, 0.1) is 0 Å². The molecule has 2 nitrogen and oxygen atoms in total. The van der Waals surface area contributed by atoms with E-state index in [0.29, 0.717) is 0 Å². The summed E-state index contributed by atoms with van der Waals surface area (Å²) in [5.41, 5.74) is 1.98. The van der Waals surface area contributed by atoms with Gasteiger partial charge in [0.1, 0.15) is 6.04 Å². The molecule has 0 heterocycles. The van der Waals surface area contributed by atoms with Crippen molar-refractivity contribution in [1.29, 1.82) is 0 Å². The van der Waals surface area contributed by atoms with Crippen molar-refractivity contribution in [1.82, 2.24) is 0 Å². The summed E-state index contributed by atoms with van der Waals surface area (Å²) < 4.78 is 0. The van der Waals surface area contributed by atoms with Gasteiger partial charge in [0, 0.05) is 0 Å². The number of isocyanates is 1. The van der Waals surface area contributed by atoms with Gasteiger partial charge in [0.2, 0.25) is 6.08 Å². The third-order valence-electron chi connectivity index (χ3n) is 1.95. The van der Waals surface area contributed by atoms with Crippen LogP contribution in [0.5, 0.6) is 0 Å². The highest BCUT2D eigenvalue weighted by atomic mass is 16.1. The molecule has 0 saturated heterocycles. The number of hydrogen-bond acceptors (Lipinski definition) is 2. The van der Waals surface area contributed by atoms with E-state index in [1.807, 2.05) is 0 Å². The van der Waals surface area contributed by atoms with E-state index in [1.165, 1.54) is 0 Å². The summed E-state index contributed by atoms with van der Waals surface area (Å²) in [7, 11) is 0. The molecule has 0 aromatic carbocycles. The molecule has 1 saturated carbocycles. The molecule has 0 spiro atoms. The van der Waals surface area contributed by atoms with Crippen LogP contribution < -0.4 is 0 Å². The van der Waals surface area contributed by atoms with Gasteiger partial charge in [0.05, 0.1) is 0 Å². The van der Waals surface area contributed by atoms with E-state index < -0.39 is 0 Å². The van der Waals surface area contributed by atoms with Crippen LogP contribution in [0.1, 0.15) is 19.3 Å². The zero-order chi connectivity index (χ0) is 8.27. The van der Waals surface area contributed by atoms with E-state index in [-0.39, 0.29) is 6.04 Å². The summed E-state index contributed by atoms with van der Waals surface area (Å²) in [5.74, 6) is 0. The molecular formula is C9H11NO. The van der Waals surface area contributed by atoms with E-state index in [2.05, 4.69) is 18.2 Å². The SMILES string of the molecule is C=C1CCCC(=C)C1N=C=O. The molecule has 1 rings (SSSR count). The van der Waals surface area contributed by atoms with Crippen molar-refractivity contribution in [3.63, 3.8) is 0 Å². The van der Waals surface area contributed by atoms with Crippen LogP contribution in [0.4, 0.5) is 0 Å². The van der Waals surface area contributed by atoms with Crippen LogP contribution in [0.2, 0.25) is 0 Å². The molecule has 0 aromatic rings. The molecule has 1 aliphatic carbocycles. The first-order valence-electron chi connectivity index (χ1n) is 3.68. The summed E-state index contributed by atoms with van der Waals surface area (Å²) in [6.07, 6.45) is 4.54. The minimum absolute atomic E-state index is 0.152. The van der Waals surface area contributed by atoms with Gasteiger partial charge in [-0.05, 0) is 30.4 Å². The lowest BCUT2D eigenvalue weighted by Crippen LogP contribution is -2.15.